The number of methoxy groups -OCH3 is 1. The van der Waals surface area contributed by atoms with E-state index in [9.17, 15) is 9.90 Å². The number of fused-ring (bicyclic) bond motifs is 1. The Morgan fingerprint density at radius 3 is 2.76 bits per heavy atom. The second-order valence-electron chi connectivity index (χ2n) is 5.10. The molecule has 3 nitrogen and oxygen atoms in total. The maximum absolute atomic E-state index is 12.3. The van der Waals surface area contributed by atoms with Gasteiger partial charge in [-0.3, -0.25) is 4.79 Å². The molecule has 0 aliphatic heterocycles. The predicted molar refractivity (Wildman–Crippen MR) is 82.3 cm³/mol. The molecule has 1 aliphatic rings. The maximum Gasteiger partial charge on any atom is 0.163 e. The molecule has 21 heavy (non-hydrogen) atoms. The minimum absolute atomic E-state index is 0.124. The number of allylic oxidation sites excluding steroid dienone is 1. The Labute approximate surface area is 123 Å². The lowest BCUT2D eigenvalue weighted by Gasteiger charge is -2.19. The zero-order chi connectivity index (χ0) is 14.8. The van der Waals surface area contributed by atoms with E-state index in [0.29, 0.717) is 12.0 Å². The summed E-state index contributed by atoms with van der Waals surface area (Å²) in [4.78, 5) is 12.3. The third-order valence-electron chi connectivity index (χ3n) is 3.71. The van der Waals surface area contributed by atoms with Gasteiger partial charge in [-0.2, -0.15) is 0 Å². The van der Waals surface area contributed by atoms with Gasteiger partial charge < -0.3 is 9.84 Å². The molecule has 106 valence electrons. The van der Waals surface area contributed by atoms with E-state index in [4.69, 9.17) is 4.74 Å². The molecule has 1 aliphatic carbocycles. The van der Waals surface area contributed by atoms with Crippen molar-refractivity contribution in [1.82, 2.24) is 0 Å². The minimum Gasteiger partial charge on any atom is -0.508 e. The van der Waals surface area contributed by atoms with Crippen molar-refractivity contribution in [1.29, 1.82) is 0 Å². The van der Waals surface area contributed by atoms with Crippen molar-refractivity contribution in [2.24, 2.45) is 0 Å². The van der Waals surface area contributed by atoms with Crippen LogP contribution in [0.3, 0.4) is 0 Å². The van der Waals surface area contributed by atoms with Crippen LogP contribution < -0.4 is 4.74 Å². The first kappa shape index (κ1) is 13.4. The number of Topliss-reactive ketones (excluding diaryl/α,β-unsaturated/α-hetero) is 1. The quantitative estimate of drug-likeness (QED) is 0.857. The van der Waals surface area contributed by atoms with Gasteiger partial charge in [0.15, 0.2) is 5.78 Å². The zero-order valence-corrected chi connectivity index (χ0v) is 11.8. The van der Waals surface area contributed by atoms with Gasteiger partial charge in [0, 0.05) is 12.0 Å². The highest BCUT2D eigenvalue weighted by atomic mass is 16.5. The first-order valence-corrected chi connectivity index (χ1v) is 6.88. The van der Waals surface area contributed by atoms with Crippen molar-refractivity contribution in [3.05, 3.63) is 59.2 Å². The number of phenolic OH excluding ortho intramolecular Hbond substituents is 1. The molecule has 1 N–H and O–H groups in total. The van der Waals surface area contributed by atoms with Crippen molar-refractivity contribution in [3.63, 3.8) is 0 Å². The normalized spacial score (nSPS) is 15.9. The van der Waals surface area contributed by atoms with E-state index in [-0.39, 0.29) is 11.5 Å². The molecule has 3 heteroatoms. The smallest absolute Gasteiger partial charge is 0.163 e. The van der Waals surface area contributed by atoms with Crippen LogP contribution in [-0.2, 0) is 11.2 Å². The van der Waals surface area contributed by atoms with Crippen LogP contribution in [0.1, 0.15) is 23.1 Å². The third-order valence-corrected chi connectivity index (χ3v) is 3.71. The molecule has 0 amide bonds. The Balaban J connectivity index is 2.12. The van der Waals surface area contributed by atoms with Crippen molar-refractivity contribution in [3.8, 4) is 11.5 Å². The number of phenols is 1. The number of hydrogen-bond acceptors (Lipinski definition) is 3. The molecule has 0 saturated carbocycles. The lowest BCUT2D eigenvalue weighted by molar-refractivity contribution is -0.113. The van der Waals surface area contributed by atoms with Crippen molar-refractivity contribution in [2.45, 2.75) is 12.8 Å². The molecule has 0 aromatic heterocycles. The molecule has 0 bridgehead atoms. The Morgan fingerprint density at radius 1 is 1.14 bits per heavy atom. The predicted octanol–water partition coefficient (Wildman–Crippen LogP) is 3.46. The van der Waals surface area contributed by atoms with Crippen LogP contribution in [0.5, 0.6) is 11.5 Å². The maximum atomic E-state index is 12.3. The summed E-state index contributed by atoms with van der Waals surface area (Å²) in [5, 5.41) is 9.55. The molecule has 0 fully saturated rings. The largest absolute Gasteiger partial charge is 0.508 e. The van der Waals surface area contributed by atoms with Gasteiger partial charge in [0.25, 0.3) is 0 Å². The van der Waals surface area contributed by atoms with Crippen molar-refractivity contribution < 1.29 is 14.6 Å². The summed E-state index contributed by atoms with van der Waals surface area (Å²) < 4.78 is 5.25. The van der Waals surface area contributed by atoms with Crippen LogP contribution in [-0.4, -0.2) is 18.0 Å². The van der Waals surface area contributed by atoms with Gasteiger partial charge in [0.1, 0.15) is 11.5 Å². The molecule has 2 aromatic carbocycles. The summed E-state index contributed by atoms with van der Waals surface area (Å²) in [5.41, 5.74) is 3.57. The molecule has 0 saturated heterocycles. The molecular weight excluding hydrogens is 264 g/mol. The number of benzene rings is 2. The summed E-state index contributed by atoms with van der Waals surface area (Å²) in [6.45, 7) is 0. The average Bonchev–Trinajstić information content (AvgIpc) is 2.50. The molecular formula is C18H16O3. The number of carbonyl (C=O) groups excluding carboxylic acids is 1. The third kappa shape index (κ3) is 2.68. The Kier molecular flexibility index (Phi) is 3.48. The number of aromatic hydroxyl groups is 1. The first-order valence-electron chi connectivity index (χ1n) is 6.88. The Bertz CT molecular complexity index is 729. The number of ketones is 1. The van der Waals surface area contributed by atoms with Gasteiger partial charge in [0.05, 0.1) is 7.11 Å². The second-order valence-corrected chi connectivity index (χ2v) is 5.10. The number of hydrogen-bond donors (Lipinski definition) is 1. The van der Waals surface area contributed by atoms with Crippen LogP contribution in [0.2, 0.25) is 0 Å². The van der Waals surface area contributed by atoms with Crippen LogP contribution in [0.15, 0.2) is 42.5 Å². The lowest BCUT2D eigenvalue weighted by Crippen LogP contribution is -2.12. The van der Waals surface area contributed by atoms with E-state index in [1.165, 1.54) is 0 Å². The standard InChI is InChI=1S/C18H16O3/c1-21-15-7-5-13-6-8-18(20)17(16(13)11-15)10-12-3-2-4-14(19)9-12/h2-5,7,9-11,19H,6,8H2,1H3/b17-10+. The van der Waals surface area contributed by atoms with Crippen LogP contribution in [0, 0.1) is 0 Å². The second kappa shape index (κ2) is 5.44. The minimum atomic E-state index is 0.124. The highest BCUT2D eigenvalue weighted by Gasteiger charge is 2.21. The summed E-state index contributed by atoms with van der Waals surface area (Å²) in [5.74, 6) is 1.06. The Hall–Kier alpha value is -2.55. The molecule has 2 aromatic rings. The van der Waals surface area contributed by atoms with E-state index in [2.05, 4.69) is 0 Å². The highest BCUT2D eigenvalue weighted by molar-refractivity contribution is 6.26. The summed E-state index contributed by atoms with van der Waals surface area (Å²) in [6.07, 6.45) is 3.11. The highest BCUT2D eigenvalue weighted by Crippen LogP contribution is 2.33. The van der Waals surface area contributed by atoms with E-state index in [0.717, 1.165) is 28.9 Å². The van der Waals surface area contributed by atoms with Gasteiger partial charge in [-0.1, -0.05) is 18.2 Å². The van der Waals surface area contributed by atoms with Crippen LogP contribution in [0.25, 0.3) is 11.6 Å². The van der Waals surface area contributed by atoms with Crippen LogP contribution in [0.4, 0.5) is 0 Å². The fourth-order valence-electron chi connectivity index (χ4n) is 2.62. The van der Waals surface area contributed by atoms with Crippen LogP contribution >= 0.6 is 0 Å². The van der Waals surface area contributed by atoms with E-state index < -0.39 is 0 Å². The van der Waals surface area contributed by atoms with Crippen molar-refractivity contribution in [2.75, 3.05) is 7.11 Å². The van der Waals surface area contributed by atoms with E-state index >= 15 is 0 Å². The monoisotopic (exact) mass is 280 g/mol. The topological polar surface area (TPSA) is 46.5 Å². The van der Waals surface area contributed by atoms with E-state index in [1.54, 1.807) is 25.3 Å². The molecule has 0 radical (unpaired) electrons. The van der Waals surface area contributed by atoms with Gasteiger partial charge in [0.2, 0.25) is 0 Å². The average molecular weight is 280 g/mol. The number of aryl methyl sites for hydroxylation is 1. The van der Waals surface area contributed by atoms with Gasteiger partial charge >= 0.3 is 0 Å². The molecule has 0 heterocycles. The fourth-order valence-corrected chi connectivity index (χ4v) is 2.62. The summed E-state index contributed by atoms with van der Waals surface area (Å²) in [6, 6.07) is 12.7. The Morgan fingerprint density at radius 2 is 2.00 bits per heavy atom. The molecule has 0 atom stereocenters. The number of rotatable bonds is 2. The molecule has 0 unspecified atom stereocenters. The van der Waals surface area contributed by atoms with Gasteiger partial charge in [-0.25, -0.2) is 0 Å². The number of ether oxygens (including phenoxy) is 1. The van der Waals surface area contributed by atoms with Crippen molar-refractivity contribution >= 4 is 17.4 Å². The lowest BCUT2D eigenvalue weighted by atomic mass is 9.85. The SMILES string of the molecule is COc1ccc2c(c1)/C(=C\c1cccc(O)c1)C(=O)CC2. The fraction of sp³-hybridized carbons (Fsp3) is 0.167. The summed E-state index contributed by atoms with van der Waals surface area (Å²) >= 11 is 0. The zero-order valence-electron chi connectivity index (χ0n) is 11.8. The molecule has 0 spiro atoms. The number of carbonyl (C=O) groups is 1. The molecule has 3 rings (SSSR count). The van der Waals surface area contributed by atoms with Gasteiger partial charge in [-0.05, 0) is 53.5 Å². The van der Waals surface area contributed by atoms with E-state index in [1.807, 2.05) is 30.3 Å². The summed E-state index contributed by atoms with van der Waals surface area (Å²) in [7, 11) is 1.62. The first-order chi connectivity index (χ1) is 10.2. The van der Waals surface area contributed by atoms with Gasteiger partial charge in [-0.15, -0.1) is 0 Å².